The molecule has 0 unspecified atom stereocenters. The van der Waals surface area contributed by atoms with Crippen LogP contribution in [0, 0.1) is 12.3 Å². The average molecular weight is 293 g/mol. The lowest BCUT2D eigenvalue weighted by Gasteiger charge is -2.41. The van der Waals surface area contributed by atoms with Crippen LogP contribution in [-0.2, 0) is 11.3 Å². The van der Waals surface area contributed by atoms with E-state index in [2.05, 4.69) is 22.7 Å². The molecule has 0 N–H and O–H groups in total. The Morgan fingerprint density at radius 1 is 1.48 bits per heavy atom. The van der Waals surface area contributed by atoms with Gasteiger partial charge in [-0.1, -0.05) is 6.92 Å². The van der Waals surface area contributed by atoms with Crippen molar-refractivity contribution in [1.82, 2.24) is 14.5 Å². The van der Waals surface area contributed by atoms with E-state index in [0.29, 0.717) is 0 Å². The summed E-state index contributed by atoms with van der Waals surface area (Å²) >= 11 is 0. The minimum Gasteiger partial charge on any atom is -0.444 e. The van der Waals surface area contributed by atoms with E-state index in [1.807, 2.05) is 38.9 Å². The summed E-state index contributed by atoms with van der Waals surface area (Å²) in [6.45, 7) is 12.3. The van der Waals surface area contributed by atoms with Gasteiger partial charge in [0.2, 0.25) is 0 Å². The number of nitrogens with zero attached hydrogens (tertiary/aromatic N) is 3. The molecular formula is C16H27N3O2. The van der Waals surface area contributed by atoms with E-state index in [9.17, 15) is 4.79 Å². The van der Waals surface area contributed by atoms with Gasteiger partial charge < -0.3 is 14.2 Å². The molecule has 0 aromatic carbocycles. The number of aryl methyl sites for hydroxylation is 1. The van der Waals surface area contributed by atoms with E-state index in [1.165, 1.54) is 0 Å². The lowest BCUT2D eigenvalue weighted by molar-refractivity contribution is 0.00415. The van der Waals surface area contributed by atoms with Crippen molar-refractivity contribution >= 4 is 6.09 Å². The van der Waals surface area contributed by atoms with Crippen LogP contribution in [0.15, 0.2) is 12.5 Å². The summed E-state index contributed by atoms with van der Waals surface area (Å²) in [6.07, 6.45) is 5.85. The van der Waals surface area contributed by atoms with Gasteiger partial charge in [-0.3, -0.25) is 0 Å². The fraction of sp³-hybridized carbons (Fsp3) is 0.750. The second-order valence-electron chi connectivity index (χ2n) is 7.50. The molecule has 5 nitrogen and oxygen atoms in total. The molecule has 0 aliphatic carbocycles. The Balaban J connectivity index is 2.00. The van der Waals surface area contributed by atoms with Gasteiger partial charge in [0, 0.05) is 31.2 Å². The minimum atomic E-state index is -0.438. The molecule has 0 saturated carbocycles. The van der Waals surface area contributed by atoms with Gasteiger partial charge in [-0.2, -0.15) is 0 Å². The molecule has 118 valence electrons. The van der Waals surface area contributed by atoms with Gasteiger partial charge in [0.1, 0.15) is 5.60 Å². The molecule has 1 amide bonds. The zero-order valence-electron chi connectivity index (χ0n) is 13.8. The second kappa shape index (κ2) is 5.70. The largest absolute Gasteiger partial charge is 0.444 e. The Morgan fingerprint density at radius 3 is 2.76 bits per heavy atom. The van der Waals surface area contributed by atoms with E-state index in [-0.39, 0.29) is 11.5 Å². The molecule has 1 saturated heterocycles. The number of hydrogen-bond donors (Lipinski definition) is 0. The Labute approximate surface area is 127 Å². The Morgan fingerprint density at radius 2 is 2.19 bits per heavy atom. The third-order valence-electron chi connectivity index (χ3n) is 3.76. The first kappa shape index (κ1) is 15.9. The third-order valence-corrected chi connectivity index (χ3v) is 3.76. The Kier molecular flexibility index (Phi) is 4.30. The van der Waals surface area contributed by atoms with Gasteiger partial charge in [0.25, 0.3) is 0 Å². The lowest BCUT2D eigenvalue weighted by Crippen LogP contribution is -2.48. The summed E-state index contributed by atoms with van der Waals surface area (Å²) in [5, 5.41) is 0. The monoisotopic (exact) mass is 293 g/mol. The maximum absolute atomic E-state index is 12.2. The molecule has 1 aliphatic rings. The molecule has 1 aliphatic heterocycles. The predicted molar refractivity (Wildman–Crippen MR) is 82.1 cm³/mol. The van der Waals surface area contributed by atoms with Crippen molar-refractivity contribution in [3.05, 3.63) is 18.2 Å². The highest BCUT2D eigenvalue weighted by atomic mass is 16.6. The van der Waals surface area contributed by atoms with Crippen molar-refractivity contribution in [2.75, 3.05) is 13.1 Å². The SMILES string of the molecule is Cc1cn(C[C@@]2(C)CCCN(C(=O)OC(C)(C)C)C2)cn1. The van der Waals surface area contributed by atoms with Crippen LogP contribution >= 0.6 is 0 Å². The quantitative estimate of drug-likeness (QED) is 0.841. The molecular weight excluding hydrogens is 266 g/mol. The van der Waals surface area contributed by atoms with E-state index < -0.39 is 5.60 Å². The predicted octanol–water partition coefficient (Wildman–Crippen LogP) is 3.23. The van der Waals surface area contributed by atoms with Crippen LogP contribution in [0.5, 0.6) is 0 Å². The molecule has 0 bridgehead atoms. The number of likely N-dealkylation sites (tertiary alicyclic amines) is 1. The van der Waals surface area contributed by atoms with Gasteiger partial charge in [-0.05, 0) is 40.5 Å². The molecule has 1 aromatic heterocycles. The number of carbonyl (C=O) groups excluding carboxylic acids is 1. The van der Waals surface area contributed by atoms with Crippen LogP contribution in [0.1, 0.15) is 46.2 Å². The van der Waals surface area contributed by atoms with Crippen molar-refractivity contribution in [2.24, 2.45) is 5.41 Å². The molecule has 1 fully saturated rings. The highest BCUT2D eigenvalue weighted by molar-refractivity contribution is 5.68. The summed E-state index contributed by atoms with van der Waals surface area (Å²) < 4.78 is 7.61. The highest BCUT2D eigenvalue weighted by Crippen LogP contribution is 2.32. The molecule has 2 rings (SSSR count). The Bertz CT molecular complexity index is 504. The molecule has 5 heteroatoms. The number of carbonyl (C=O) groups is 1. The summed E-state index contributed by atoms with van der Waals surface area (Å²) in [6, 6.07) is 0. The van der Waals surface area contributed by atoms with Gasteiger partial charge in [-0.25, -0.2) is 9.78 Å². The van der Waals surface area contributed by atoms with Crippen LogP contribution < -0.4 is 0 Å². The number of rotatable bonds is 2. The number of ether oxygens (including phenoxy) is 1. The first-order valence-electron chi connectivity index (χ1n) is 7.63. The maximum atomic E-state index is 12.2. The first-order valence-corrected chi connectivity index (χ1v) is 7.63. The number of hydrogen-bond acceptors (Lipinski definition) is 3. The number of aromatic nitrogens is 2. The van der Waals surface area contributed by atoms with Gasteiger partial charge in [0.15, 0.2) is 0 Å². The van der Waals surface area contributed by atoms with Crippen LogP contribution in [0.3, 0.4) is 0 Å². The fourth-order valence-electron chi connectivity index (χ4n) is 2.93. The van der Waals surface area contributed by atoms with E-state index in [0.717, 1.165) is 38.2 Å². The average Bonchev–Trinajstić information content (AvgIpc) is 2.71. The maximum Gasteiger partial charge on any atom is 0.410 e. The van der Waals surface area contributed by atoms with Crippen molar-refractivity contribution in [2.45, 2.75) is 59.6 Å². The summed E-state index contributed by atoms with van der Waals surface area (Å²) in [4.78, 5) is 18.4. The van der Waals surface area contributed by atoms with Crippen molar-refractivity contribution < 1.29 is 9.53 Å². The van der Waals surface area contributed by atoms with Crippen LogP contribution in [0.25, 0.3) is 0 Å². The van der Waals surface area contributed by atoms with Crippen molar-refractivity contribution in [3.63, 3.8) is 0 Å². The van der Waals surface area contributed by atoms with E-state index >= 15 is 0 Å². The van der Waals surface area contributed by atoms with Crippen LogP contribution in [0.2, 0.25) is 0 Å². The first-order chi connectivity index (χ1) is 9.67. The lowest BCUT2D eigenvalue weighted by atomic mass is 9.82. The Hall–Kier alpha value is -1.52. The number of amides is 1. The molecule has 2 heterocycles. The van der Waals surface area contributed by atoms with E-state index in [4.69, 9.17) is 4.74 Å². The molecule has 1 aromatic rings. The minimum absolute atomic E-state index is 0.0717. The highest BCUT2D eigenvalue weighted by Gasteiger charge is 2.35. The zero-order valence-corrected chi connectivity index (χ0v) is 13.8. The fourth-order valence-corrected chi connectivity index (χ4v) is 2.93. The molecule has 0 spiro atoms. The smallest absolute Gasteiger partial charge is 0.410 e. The van der Waals surface area contributed by atoms with Crippen molar-refractivity contribution in [3.8, 4) is 0 Å². The molecule has 1 atom stereocenters. The van der Waals surface area contributed by atoms with Gasteiger partial charge >= 0.3 is 6.09 Å². The normalized spacial score (nSPS) is 23.2. The number of imidazole rings is 1. The van der Waals surface area contributed by atoms with Gasteiger partial charge in [0.05, 0.1) is 12.0 Å². The van der Waals surface area contributed by atoms with E-state index in [1.54, 1.807) is 0 Å². The van der Waals surface area contributed by atoms with Gasteiger partial charge in [-0.15, -0.1) is 0 Å². The van der Waals surface area contributed by atoms with Crippen LogP contribution in [-0.4, -0.2) is 39.2 Å². The summed E-state index contributed by atoms with van der Waals surface area (Å²) in [5.41, 5.74) is 0.660. The molecule has 0 radical (unpaired) electrons. The van der Waals surface area contributed by atoms with Crippen LogP contribution in [0.4, 0.5) is 4.79 Å². The zero-order chi connectivity index (χ0) is 15.7. The molecule has 21 heavy (non-hydrogen) atoms. The topological polar surface area (TPSA) is 47.4 Å². The summed E-state index contributed by atoms with van der Waals surface area (Å²) in [5.74, 6) is 0. The third kappa shape index (κ3) is 4.48. The number of piperidine rings is 1. The second-order valence-corrected chi connectivity index (χ2v) is 7.50. The summed E-state index contributed by atoms with van der Waals surface area (Å²) in [7, 11) is 0. The van der Waals surface area contributed by atoms with Crippen molar-refractivity contribution in [1.29, 1.82) is 0 Å². The standard InChI is InChI=1S/C16H27N3O2/c1-13-9-18(12-17-13)10-16(5)7-6-8-19(11-16)14(20)21-15(2,3)4/h9,12H,6-8,10-11H2,1-5H3/t16-/m1/s1.